The van der Waals surface area contributed by atoms with Gasteiger partial charge in [0.1, 0.15) is 5.82 Å². The van der Waals surface area contributed by atoms with E-state index in [1.807, 2.05) is 24.3 Å². The van der Waals surface area contributed by atoms with Crippen molar-refractivity contribution in [1.29, 1.82) is 0 Å². The van der Waals surface area contributed by atoms with E-state index in [2.05, 4.69) is 17.4 Å². The molecule has 2 aromatic carbocycles. The fourth-order valence-electron chi connectivity index (χ4n) is 1.95. The predicted octanol–water partition coefficient (Wildman–Crippen LogP) is 4.11. The first-order chi connectivity index (χ1) is 11.3. The van der Waals surface area contributed by atoms with Crippen LogP contribution in [0.5, 0.6) is 0 Å². The number of hydrogen-bond acceptors (Lipinski definition) is 3. The van der Waals surface area contributed by atoms with Gasteiger partial charge in [-0.1, -0.05) is 48.5 Å². The first-order valence-electron chi connectivity index (χ1n) is 7.45. The molecule has 122 valence electrons. The van der Waals surface area contributed by atoms with Gasteiger partial charge >= 0.3 is 0 Å². The van der Waals surface area contributed by atoms with Crippen molar-refractivity contribution in [3.8, 4) is 0 Å². The maximum atomic E-state index is 13.4. The van der Waals surface area contributed by atoms with E-state index in [0.717, 1.165) is 11.5 Å². The Bertz CT molecular complexity index is 607. The summed E-state index contributed by atoms with van der Waals surface area (Å²) in [6.07, 6.45) is 0. The molecule has 23 heavy (non-hydrogen) atoms. The van der Waals surface area contributed by atoms with E-state index in [1.165, 1.54) is 11.6 Å². The zero-order valence-corrected chi connectivity index (χ0v) is 14.5. The van der Waals surface area contributed by atoms with Crippen LogP contribution in [-0.4, -0.2) is 24.0 Å². The zero-order chi connectivity index (χ0) is 16.3. The van der Waals surface area contributed by atoms with Gasteiger partial charge in [0.15, 0.2) is 0 Å². The quantitative estimate of drug-likeness (QED) is 0.691. The number of nitrogens with one attached hydrogen (secondary N) is 1. The molecule has 0 aliphatic carbocycles. The van der Waals surface area contributed by atoms with Crippen LogP contribution in [0.2, 0.25) is 0 Å². The largest absolute Gasteiger partial charge is 0.355 e. The maximum Gasteiger partial charge on any atom is 0.230 e. The van der Waals surface area contributed by atoms with Crippen LogP contribution in [0.3, 0.4) is 0 Å². The standard InChI is InChI=1S/C18H20FNOS2/c19-17-9-5-4-8-16(17)13-22-11-10-20-18(21)14-23-12-15-6-2-1-3-7-15/h1-9H,10-14H2,(H,20,21). The third-order valence-electron chi connectivity index (χ3n) is 3.13. The van der Waals surface area contributed by atoms with Gasteiger partial charge in [-0.2, -0.15) is 11.8 Å². The number of thioether (sulfide) groups is 2. The first kappa shape index (κ1) is 17.9. The summed E-state index contributed by atoms with van der Waals surface area (Å²) in [4.78, 5) is 11.7. The molecule has 1 amide bonds. The van der Waals surface area contributed by atoms with E-state index in [4.69, 9.17) is 0 Å². The van der Waals surface area contributed by atoms with Crippen molar-refractivity contribution in [2.24, 2.45) is 0 Å². The van der Waals surface area contributed by atoms with E-state index in [-0.39, 0.29) is 11.7 Å². The Kier molecular flexibility index (Phi) is 8.04. The molecule has 0 unspecified atom stereocenters. The minimum atomic E-state index is -0.165. The van der Waals surface area contributed by atoms with Crippen molar-refractivity contribution in [3.63, 3.8) is 0 Å². The molecule has 0 radical (unpaired) electrons. The lowest BCUT2D eigenvalue weighted by atomic mass is 10.2. The lowest BCUT2D eigenvalue weighted by molar-refractivity contribution is -0.118. The Morgan fingerprint density at radius 2 is 1.70 bits per heavy atom. The number of carbonyl (C=O) groups is 1. The first-order valence-corrected chi connectivity index (χ1v) is 9.76. The van der Waals surface area contributed by atoms with Crippen LogP contribution in [-0.2, 0) is 16.3 Å². The number of amides is 1. The normalized spacial score (nSPS) is 10.5. The van der Waals surface area contributed by atoms with Gasteiger partial charge in [-0.05, 0) is 17.2 Å². The van der Waals surface area contributed by atoms with E-state index in [0.29, 0.717) is 23.6 Å². The van der Waals surface area contributed by atoms with Crippen LogP contribution in [0.4, 0.5) is 4.39 Å². The zero-order valence-electron chi connectivity index (χ0n) is 12.8. The highest BCUT2D eigenvalue weighted by Gasteiger charge is 2.03. The summed E-state index contributed by atoms with van der Waals surface area (Å²) < 4.78 is 13.4. The Morgan fingerprint density at radius 1 is 0.957 bits per heavy atom. The number of hydrogen-bond donors (Lipinski definition) is 1. The Balaban J connectivity index is 1.52. The lowest BCUT2D eigenvalue weighted by Gasteiger charge is -2.06. The average Bonchev–Trinajstić information content (AvgIpc) is 2.57. The molecule has 0 aromatic heterocycles. The molecule has 0 spiro atoms. The van der Waals surface area contributed by atoms with E-state index < -0.39 is 0 Å². The van der Waals surface area contributed by atoms with E-state index in [9.17, 15) is 9.18 Å². The second-order valence-electron chi connectivity index (χ2n) is 4.97. The molecule has 0 atom stereocenters. The molecule has 2 rings (SSSR count). The topological polar surface area (TPSA) is 29.1 Å². The fourth-order valence-corrected chi connectivity index (χ4v) is 3.61. The summed E-state index contributed by atoms with van der Waals surface area (Å²) >= 11 is 3.23. The molecule has 2 aromatic rings. The third kappa shape index (κ3) is 7.10. The van der Waals surface area contributed by atoms with Crippen molar-refractivity contribution in [2.45, 2.75) is 11.5 Å². The molecule has 0 saturated heterocycles. The Labute approximate surface area is 145 Å². The fraction of sp³-hybridized carbons (Fsp3) is 0.278. The van der Waals surface area contributed by atoms with Crippen LogP contribution in [0.15, 0.2) is 54.6 Å². The molecular formula is C18H20FNOS2. The van der Waals surface area contributed by atoms with Gasteiger partial charge in [-0.15, -0.1) is 11.8 Å². The van der Waals surface area contributed by atoms with Gasteiger partial charge in [0.25, 0.3) is 0 Å². The second kappa shape index (κ2) is 10.3. The van der Waals surface area contributed by atoms with Gasteiger partial charge in [-0.25, -0.2) is 4.39 Å². The van der Waals surface area contributed by atoms with Crippen molar-refractivity contribution < 1.29 is 9.18 Å². The van der Waals surface area contributed by atoms with Crippen LogP contribution in [0, 0.1) is 5.82 Å². The molecule has 0 saturated carbocycles. The SMILES string of the molecule is O=C(CSCc1ccccc1)NCCSCc1ccccc1F. The number of rotatable bonds is 9. The van der Waals surface area contributed by atoms with E-state index >= 15 is 0 Å². The maximum absolute atomic E-state index is 13.4. The van der Waals surface area contributed by atoms with Gasteiger partial charge in [-0.3, -0.25) is 4.79 Å². The van der Waals surface area contributed by atoms with Crippen LogP contribution in [0.1, 0.15) is 11.1 Å². The molecule has 0 aliphatic rings. The van der Waals surface area contributed by atoms with Gasteiger partial charge < -0.3 is 5.32 Å². The molecule has 1 N–H and O–H groups in total. The minimum absolute atomic E-state index is 0.0532. The average molecular weight is 349 g/mol. The summed E-state index contributed by atoms with van der Waals surface area (Å²) in [7, 11) is 0. The molecule has 2 nitrogen and oxygen atoms in total. The number of benzene rings is 2. The smallest absolute Gasteiger partial charge is 0.230 e. The second-order valence-corrected chi connectivity index (χ2v) is 7.06. The predicted molar refractivity (Wildman–Crippen MR) is 98.2 cm³/mol. The van der Waals surface area contributed by atoms with Crippen LogP contribution in [0.25, 0.3) is 0 Å². The summed E-state index contributed by atoms with van der Waals surface area (Å²) in [5, 5.41) is 2.90. The molecule has 0 aliphatic heterocycles. The molecular weight excluding hydrogens is 329 g/mol. The highest BCUT2D eigenvalue weighted by molar-refractivity contribution is 7.99. The highest BCUT2D eigenvalue weighted by Crippen LogP contribution is 2.15. The van der Waals surface area contributed by atoms with Crippen LogP contribution >= 0.6 is 23.5 Å². The Hall–Kier alpha value is -1.46. The number of carbonyl (C=O) groups excluding carboxylic acids is 1. The van der Waals surface area contributed by atoms with Gasteiger partial charge in [0.05, 0.1) is 5.75 Å². The van der Waals surface area contributed by atoms with Crippen LogP contribution < -0.4 is 5.32 Å². The Morgan fingerprint density at radius 3 is 2.48 bits per heavy atom. The highest BCUT2D eigenvalue weighted by atomic mass is 32.2. The molecule has 0 fully saturated rings. The summed E-state index contributed by atoms with van der Waals surface area (Å²) in [5.41, 5.74) is 1.94. The minimum Gasteiger partial charge on any atom is -0.355 e. The van der Waals surface area contributed by atoms with Crippen molar-refractivity contribution in [3.05, 3.63) is 71.5 Å². The number of halogens is 1. The van der Waals surface area contributed by atoms with Crippen molar-refractivity contribution >= 4 is 29.4 Å². The summed E-state index contributed by atoms with van der Waals surface area (Å²) in [6, 6.07) is 16.9. The summed E-state index contributed by atoms with van der Waals surface area (Å²) in [5.74, 6) is 2.61. The molecule has 5 heteroatoms. The van der Waals surface area contributed by atoms with Gasteiger partial charge in [0.2, 0.25) is 5.91 Å². The van der Waals surface area contributed by atoms with E-state index in [1.54, 1.807) is 35.7 Å². The monoisotopic (exact) mass is 349 g/mol. The van der Waals surface area contributed by atoms with Crippen molar-refractivity contribution in [1.82, 2.24) is 5.32 Å². The molecule has 0 heterocycles. The lowest BCUT2D eigenvalue weighted by Crippen LogP contribution is -2.27. The summed E-state index contributed by atoms with van der Waals surface area (Å²) in [6.45, 7) is 0.615. The third-order valence-corrected chi connectivity index (χ3v) is 5.14. The molecule has 0 bridgehead atoms. The van der Waals surface area contributed by atoms with Gasteiger partial charge in [0, 0.05) is 23.8 Å². The van der Waals surface area contributed by atoms with Crippen molar-refractivity contribution in [2.75, 3.05) is 18.1 Å².